The largest absolute Gasteiger partial charge is 0.449 e. The van der Waals surface area contributed by atoms with Crippen LogP contribution < -0.4 is 11.1 Å². The van der Waals surface area contributed by atoms with E-state index in [1.54, 1.807) is 12.1 Å². The molecule has 1 aromatic carbocycles. The minimum Gasteiger partial charge on any atom is -0.449 e. The lowest BCUT2D eigenvalue weighted by atomic mass is 10.1. The monoisotopic (exact) mass is 236 g/mol. The van der Waals surface area contributed by atoms with Crippen LogP contribution in [0.2, 0.25) is 0 Å². The summed E-state index contributed by atoms with van der Waals surface area (Å²) in [5.74, 6) is -0.495. The maximum absolute atomic E-state index is 11.3. The number of nitrogens with two attached hydrogens (primary N) is 1. The topological polar surface area (TPSA) is 81.4 Å². The zero-order valence-corrected chi connectivity index (χ0v) is 9.73. The Hall–Kier alpha value is -2.04. The molecule has 1 aromatic rings. The number of hydrogen-bond acceptors (Lipinski definition) is 3. The highest BCUT2D eigenvalue weighted by atomic mass is 16.5. The van der Waals surface area contributed by atoms with E-state index in [9.17, 15) is 9.59 Å². The van der Waals surface area contributed by atoms with Gasteiger partial charge in [-0.05, 0) is 24.1 Å². The number of carbonyl (C=O) groups is 2. The first-order chi connectivity index (χ1) is 8.11. The molecule has 0 radical (unpaired) electrons. The van der Waals surface area contributed by atoms with Gasteiger partial charge in [0.05, 0.1) is 6.42 Å². The van der Waals surface area contributed by atoms with Gasteiger partial charge in [-0.3, -0.25) is 10.1 Å². The lowest BCUT2D eigenvalue weighted by molar-refractivity contribution is -0.118. The molecule has 5 nitrogen and oxygen atoms in total. The molecular formula is C12H16N2O3. The van der Waals surface area contributed by atoms with Gasteiger partial charge in [0, 0.05) is 5.69 Å². The Bertz CT molecular complexity index is 387. The van der Waals surface area contributed by atoms with Crippen LogP contribution in [0, 0.1) is 0 Å². The Morgan fingerprint density at radius 2 is 1.94 bits per heavy atom. The summed E-state index contributed by atoms with van der Waals surface area (Å²) in [6, 6.07) is 7.46. The maximum Gasteiger partial charge on any atom is 0.411 e. The summed E-state index contributed by atoms with van der Waals surface area (Å²) in [7, 11) is 0. The highest BCUT2D eigenvalue weighted by Gasteiger charge is 2.03. The third-order valence-electron chi connectivity index (χ3n) is 2.19. The van der Waals surface area contributed by atoms with E-state index in [2.05, 4.69) is 12.2 Å². The summed E-state index contributed by atoms with van der Waals surface area (Å²) in [4.78, 5) is 21.7. The van der Waals surface area contributed by atoms with Crippen LogP contribution in [-0.4, -0.2) is 18.6 Å². The van der Waals surface area contributed by atoms with Crippen LogP contribution in [-0.2, 0) is 16.0 Å². The van der Waals surface area contributed by atoms with Gasteiger partial charge in [-0.15, -0.1) is 0 Å². The van der Waals surface area contributed by atoms with Gasteiger partial charge in [-0.1, -0.05) is 19.1 Å². The minimum absolute atomic E-state index is 0.00574. The molecule has 0 spiro atoms. The normalized spacial score (nSPS) is 9.71. The quantitative estimate of drug-likeness (QED) is 0.815. The van der Waals surface area contributed by atoms with Crippen molar-refractivity contribution in [2.45, 2.75) is 19.8 Å². The first kappa shape index (κ1) is 13.0. The Morgan fingerprint density at radius 3 is 2.47 bits per heavy atom. The van der Waals surface area contributed by atoms with E-state index < -0.39 is 12.0 Å². The van der Waals surface area contributed by atoms with Crippen LogP contribution in [0.1, 0.15) is 18.9 Å². The van der Waals surface area contributed by atoms with Gasteiger partial charge in [-0.2, -0.15) is 0 Å². The van der Waals surface area contributed by atoms with Crippen molar-refractivity contribution < 1.29 is 14.3 Å². The van der Waals surface area contributed by atoms with E-state index in [4.69, 9.17) is 10.5 Å². The Balaban J connectivity index is 2.37. The predicted molar refractivity (Wildman–Crippen MR) is 64.6 cm³/mol. The van der Waals surface area contributed by atoms with Crippen LogP contribution >= 0.6 is 0 Å². The van der Waals surface area contributed by atoms with Crippen molar-refractivity contribution in [1.29, 1.82) is 0 Å². The third-order valence-corrected chi connectivity index (χ3v) is 2.19. The van der Waals surface area contributed by atoms with E-state index in [1.807, 2.05) is 12.1 Å². The minimum atomic E-state index is -0.588. The first-order valence-electron chi connectivity index (χ1n) is 5.43. The molecule has 0 aromatic heterocycles. The molecule has 0 unspecified atom stereocenters. The number of carbonyl (C=O) groups excluding carboxylic acids is 2. The molecule has 0 fully saturated rings. The molecule has 0 bridgehead atoms. The average Bonchev–Trinajstić information content (AvgIpc) is 2.29. The Labute approximate surface area is 99.9 Å². The van der Waals surface area contributed by atoms with Gasteiger partial charge >= 0.3 is 6.09 Å². The standard InChI is InChI=1S/C12H16N2O3/c1-2-9-3-5-10(6-4-9)14-12(16)17-8-7-11(13)15/h3-6H,2,7-8H2,1H3,(H2,13,15)(H,14,16). The molecule has 0 atom stereocenters. The highest BCUT2D eigenvalue weighted by molar-refractivity contribution is 5.84. The van der Waals surface area contributed by atoms with Crippen LogP contribution in [0.4, 0.5) is 10.5 Å². The number of anilines is 1. The number of nitrogens with one attached hydrogen (secondary N) is 1. The van der Waals surface area contributed by atoms with Crippen molar-refractivity contribution in [3.8, 4) is 0 Å². The Morgan fingerprint density at radius 1 is 1.29 bits per heavy atom. The molecular weight excluding hydrogens is 220 g/mol. The maximum atomic E-state index is 11.3. The van der Waals surface area contributed by atoms with Gasteiger partial charge in [0.25, 0.3) is 0 Å². The zero-order valence-electron chi connectivity index (χ0n) is 9.73. The van der Waals surface area contributed by atoms with Crippen molar-refractivity contribution >= 4 is 17.7 Å². The van der Waals surface area contributed by atoms with E-state index in [-0.39, 0.29) is 13.0 Å². The summed E-state index contributed by atoms with van der Waals surface area (Å²) >= 11 is 0. The molecule has 5 heteroatoms. The van der Waals surface area contributed by atoms with Gasteiger partial charge in [0.1, 0.15) is 6.61 Å². The van der Waals surface area contributed by atoms with Gasteiger partial charge in [0.2, 0.25) is 5.91 Å². The van der Waals surface area contributed by atoms with E-state index >= 15 is 0 Å². The third kappa shape index (κ3) is 5.01. The SMILES string of the molecule is CCc1ccc(NC(=O)OCCC(N)=O)cc1. The summed E-state index contributed by atoms with van der Waals surface area (Å²) in [6.45, 7) is 2.05. The van der Waals surface area contributed by atoms with Crippen molar-refractivity contribution in [2.75, 3.05) is 11.9 Å². The number of rotatable bonds is 5. The number of benzene rings is 1. The van der Waals surface area contributed by atoms with Crippen molar-refractivity contribution in [3.05, 3.63) is 29.8 Å². The fraction of sp³-hybridized carbons (Fsp3) is 0.333. The molecule has 0 aliphatic carbocycles. The van der Waals surface area contributed by atoms with Crippen LogP contribution in [0.5, 0.6) is 0 Å². The number of primary amides is 1. The smallest absolute Gasteiger partial charge is 0.411 e. The molecule has 3 N–H and O–H groups in total. The number of amides is 2. The van der Waals surface area contributed by atoms with Crippen molar-refractivity contribution in [3.63, 3.8) is 0 Å². The molecule has 17 heavy (non-hydrogen) atoms. The van der Waals surface area contributed by atoms with E-state index in [0.29, 0.717) is 5.69 Å². The molecule has 2 amide bonds. The number of aryl methyl sites for hydroxylation is 1. The predicted octanol–water partition coefficient (Wildman–Crippen LogP) is 1.67. The Kier molecular flexibility index (Phi) is 5.00. The number of ether oxygens (including phenoxy) is 1. The highest BCUT2D eigenvalue weighted by Crippen LogP contribution is 2.10. The zero-order chi connectivity index (χ0) is 12.7. The second-order valence-electron chi connectivity index (χ2n) is 3.53. The fourth-order valence-corrected chi connectivity index (χ4v) is 1.22. The summed E-state index contributed by atoms with van der Waals surface area (Å²) < 4.78 is 4.76. The second kappa shape index (κ2) is 6.52. The van der Waals surface area contributed by atoms with Crippen LogP contribution in [0.25, 0.3) is 0 Å². The molecule has 0 saturated carbocycles. The molecule has 0 aliphatic rings. The van der Waals surface area contributed by atoms with E-state index in [0.717, 1.165) is 6.42 Å². The summed E-state index contributed by atoms with van der Waals surface area (Å²) in [6.07, 6.45) is 0.390. The molecule has 1 rings (SSSR count). The van der Waals surface area contributed by atoms with E-state index in [1.165, 1.54) is 5.56 Å². The molecule has 92 valence electrons. The van der Waals surface area contributed by atoms with Crippen molar-refractivity contribution in [2.24, 2.45) is 5.73 Å². The lowest BCUT2D eigenvalue weighted by Crippen LogP contribution is -2.18. The van der Waals surface area contributed by atoms with Crippen LogP contribution in [0.15, 0.2) is 24.3 Å². The average molecular weight is 236 g/mol. The van der Waals surface area contributed by atoms with Crippen LogP contribution in [0.3, 0.4) is 0 Å². The fourth-order valence-electron chi connectivity index (χ4n) is 1.22. The van der Waals surface area contributed by atoms with Gasteiger partial charge < -0.3 is 10.5 Å². The summed E-state index contributed by atoms with van der Waals surface area (Å²) in [5, 5.41) is 2.55. The number of hydrogen-bond donors (Lipinski definition) is 2. The summed E-state index contributed by atoms with van der Waals surface area (Å²) in [5.41, 5.74) is 6.76. The van der Waals surface area contributed by atoms with Gasteiger partial charge in [0.15, 0.2) is 0 Å². The molecule has 0 heterocycles. The second-order valence-corrected chi connectivity index (χ2v) is 3.53. The first-order valence-corrected chi connectivity index (χ1v) is 5.43. The van der Waals surface area contributed by atoms with Gasteiger partial charge in [-0.25, -0.2) is 4.79 Å². The lowest BCUT2D eigenvalue weighted by Gasteiger charge is -2.06. The molecule has 0 aliphatic heterocycles. The molecule has 0 saturated heterocycles. The van der Waals surface area contributed by atoms with Crippen molar-refractivity contribution in [1.82, 2.24) is 0 Å².